The third-order valence-corrected chi connectivity index (χ3v) is 3.78. The highest BCUT2D eigenvalue weighted by Crippen LogP contribution is 2.23. The van der Waals surface area contributed by atoms with Crippen molar-refractivity contribution in [3.8, 4) is 0 Å². The molecule has 5 heteroatoms. The van der Waals surface area contributed by atoms with E-state index in [-0.39, 0.29) is 12.1 Å². The average molecular weight is 288 g/mol. The first-order valence-corrected chi connectivity index (χ1v) is 7.25. The van der Waals surface area contributed by atoms with Gasteiger partial charge in [-0.25, -0.2) is 0 Å². The van der Waals surface area contributed by atoms with Crippen LogP contribution in [0.3, 0.4) is 0 Å². The molecule has 0 radical (unpaired) electrons. The van der Waals surface area contributed by atoms with E-state index in [1.165, 1.54) is 0 Å². The van der Waals surface area contributed by atoms with Crippen molar-refractivity contribution in [1.82, 2.24) is 15.2 Å². The van der Waals surface area contributed by atoms with E-state index >= 15 is 0 Å². The van der Waals surface area contributed by atoms with Gasteiger partial charge in [-0.3, -0.25) is 16.0 Å². The number of ether oxygens (including phenoxy) is 1. The Balaban J connectivity index is 2.19. The summed E-state index contributed by atoms with van der Waals surface area (Å²) >= 11 is 0. The quantitative estimate of drug-likeness (QED) is 0.602. The molecule has 5 nitrogen and oxygen atoms in total. The first-order valence-electron chi connectivity index (χ1n) is 7.25. The molecule has 0 aliphatic heterocycles. The summed E-state index contributed by atoms with van der Waals surface area (Å²) in [6, 6.07) is 12.2. The van der Waals surface area contributed by atoms with E-state index in [4.69, 9.17) is 10.6 Å². The standard InChI is InChI=1S/C16H24N4O/c1-4-13-10-14(20(2)19-13)11-15(18-17)16(21-3)12-8-6-5-7-9-12/h5-10,15-16,18H,4,11,17H2,1-3H3. The fourth-order valence-electron chi connectivity index (χ4n) is 2.59. The molecule has 21 heavy (non-hydrogen) atoms. The number of methoxy groups -OCH3 is 1. The van der Waals surface area contributed by atoms with Gasteiger partial charge in [0.05, 0.1) is 17.8 Å². The Hall–Kier alpha value is -1.69. The van der Waals surface area contributed by atoms with Gasteiger partial charge in [-0.05, 0) is 18.1 Å². The van der Waals surface area contributed by atoms with Crippen molar-refractivity contribution in [1.29, 1.82) is 0 Å². The number of aryl methyl sites for hydroxylation is 2. The fourth-order valence-corrected chi connectivity index (χ4v) is 2.59. The average Bonchev–Trinajstić information content (AvgIpc) is 2.88. The summed E-state index contributed by atoms with van der Waals surface area (Å²) in [5, 5.41) is 4.48. The third-order valence-electron chi connectivity index (χ3n) is 3.78. The zero-order valence-electron chi connectivity index (χ0n) is 12.9. The Morgan fingerprint density at radius 2 is 2.05 bits per heavy atom. The molecule has 1 heterocycles. The lowest BCUT2D eigenvalue weighted by Gasteiger charge is -2.25. The van der Waals surface area contributed by atoms with Crippen molar-refractivity contribution in [2.45, 2.75) is 31.9 Å². The summed E-state index contributed by atoms with van der Waals surface area (Å²) in [5.41, 5.74) is 6.24. The Labute approximate surface area is 126 Å². The molecule has 0 aliphatic rings. The van der Waals surface area contributed by atoms with Crippen LogP contribution in [0.25, 0.3) is 0 Å². The number of nitrogens with two attached hydrogens (primary N) is 1. The van der Waals surface area contributed by atoms with Crippen LogP contribution in [-0.4, -0.2) is 22.9 Å². The minimum atomic E-state index is -0.101. The smallest absolute Gasteiger partial charge is 0.0991 e. The Kier molecular flexibility index (Phi) is 5.50. The minimum Gasteiger partial charge on any atom is -0.375 e. The largest absolute Gasteiger partial charge is 0.375 e. The molecular weight excluding hydrogens is 264 g/mol. The van der Waals surface area contributed by atoms with Crippen molar-refractivity contribution in [3.05, 3.63) is 53.3 Å². The summed E-state index contributed by atoms with van der Waals surface area (Å²) in [7, 11) is 3.68. The molecule has 0 fully saturated rings. The minimum absolute atomic E-state index is 0.0162. The lowest BCUT2D eigenvalue weighted by atomic mass is 9.98. The molecule has 0 spiro atoms. The first-order chi connectivity index (χ1) is 10.2. The van der Waals surface area contributed by atoms with Crippen LogP contribution in [0.15, 0.2) is 36.4 Å². The summed E-state index contributed by atoms with van der Waals surface area (Å²) in [4.78, 5) is 0. The maximum absolute atomic E-state index is 5.76. The maximum atomic E-state index is 5.76. The number of rotatable bonds is 7. The van der Waals surface area contributed by atoms with E-state index in [2.05, 4.69) is 35.6 Å². The summed E-state index contributed by atoms with van der Waals surface area (Å²) in [6.45, 7) is 2.10. The molecule has 1 aromatic carbocycles. The van der Waals surface area contributed by atoms with E-state index in [1.807, 2.05) is 29.9 Å². The molecule has 2 unspecified atom stereocenters. The highest BCUT2D eigenvalue weighted by molar-refractivity contribution is 5.21. The van der Waals surface area contributed by atoms with E-state index in [9.17, 15) is 0 Å². The summed E-state index contributed by atoms with van der Waals surface area (Å²) in [5.74, 6) is 5.76. The molecule has 0 aliphatic carbocycles. The number of hydrazine groups is 1. The monoisotopic (exact) mass is 288 g/mol. The van der Waals surface area contributed by atoms with Crippen LogP contribution in [0.1, 0.15) is 30.0 Å². The number of nitrogens with one attached hydrogen (secondary N) is 1. The van der Waals surface area contributed by atoms with Crippen LogP contribution >= 0.6 is 0 Å². The zero-order valence-corrected chi connectivity index (χ0v) is 12.9. The SMILES string of the molecule is CCc1cc(CC(NN)C(OC)c2ccccc2)n(C)n1. The van der Waals surface area contributed by atoms with Crippen molar-refractivity contribution in [2.24, 2.45) is 12.9 Å². The molecule has 3 N–H and O–H groups in total. The summed E-state index contributed by atoms with van der Waals surface area (Å²) < 4.78 is 7.58. The third kappa shape index (κ3) is 3.69. The summed E-state index contributed by atoms with van der Waals surface area (Å²) in [6.07, 6.45) is 1.59. The van der Waals surface area contributed by atoms with Gasteiger partial charge >= 0.3 is 0 Å². The topological polar surface area (TPSA) is 65.1 Å². The second-order valence-corrected chi connectivity index (χ2v) is 5.15. The van der Waals surface area contributed by atoms with Crippen LogP contribution in [0.4, 0.5) is 0 Å². The first kappa shape index (κ1) is 15.7. The van der Waals surface area contributed by atoms with Gasteiger partial charge in [-0.2, -0.15) is 5.10 Å². The Morgan fingerprint density at radius 1 is 1.33 bits per heavy atom. The highest BCUT2D eigenvalue weighted by Gasteiger charge is 2.23. The molecule has 2 rings (SSSR count). The number of aromatic nitrogens is 2. The predicted octanol–water partition coefficient (Wildman–Crippen LogP) is 1.74. The molecule has 0 bridgehead atoms. The van der Waals surface area contributed by atoms with Gasteiger partial charge < -0.3 is 4.74 Å². The predicted molar refractivity (Wildman–Crippen MR) is 83.6 cm³/mol. The Morgan fingerprint density at radius 3 is 2.57 bits per heavy atom. The van der Waals surface area contributed by atoms with E-state index in [0.29, 0.717) is 0 Å². The van der Waals surface area contributed by atoms with Gasteiger partial charge in [0.2, 0.25) is 0 Å². The van der Waals surface area contributed by atoms with Crippen molar-refractivity contribution < 1.29 is 4.74 Å². The molecule has 2 aromatic rings. The lowest BCUT2D eigenvalue weighted by Crippen LogP contribution is -2.42. The number of benzene rings is 1. The van der Waals surface area contributed by atoms with Gasteiger partial charge in [-0.15, -0.1) is 0 Å². The van der Waals surface area contributed by atoms with Gasteiger partial charge in [0.1, 0.15) is 0 Å². The van der Waals surface area contributed by atoms with Gasteiger partial charge in [0, 0.05) is 26.3 Å². The molecule has 0 amide bonds. The Bertz CT molecular complexity index is 553. The van der Waals surface area contributed by atoms with E-state index in [1.54, 1.807) is 7.11 Å². The maximum Gasteiger partial charge on any atom is 0.0991 e. The van der Waals surface area contributed by atoms with Crippen LogP contribution in [0.2, 0.25) is 0 Å². The van der Waals surface area contributed by atoms with E-state index in [0.717, 1.165) is 29.8 Å². The molecule has 0 saturated heterocycles. The van der Waals surface area contributed by atoms with Gasteiger partial charge in [0.15, 0.2) is 0 Å². The molecule has 2 atom stereocenters. The second kappa shape index (κ2) is 7.36. The van der Waals surface area contributed by atoms with Crippen LogP contribution < -0.4 is 11.3 Å². The normalized spacial score (nSPS) is 14.1. The number of nitrogens with zero attached hydrogens (tertiary/aromatic N) is 2. The molecule has 0 saturated carbocycles. The van der Waals surface area contributed by atoms with Crippen LogP contribution in [0, 0.1) is 0 Å². The number of hydrogen-bond acceptors (Lipinski definition) is 4. The van der Waals surface area contributed by atoms with Gasteiger partial charge in [-0.1, -0.05) is 37.3 Å². The van der Waals surface area contributed by atoms with Crippen molar-refractivity contribution in [3.63, 3.8) is 0 Å². The van der Waals surface area contributed by atoms with Crippen LogP contribution in [0.5, 0.6) is 0 Å². The van der Waals surface area contributed by atoms with Crippen LogP contribution in [-0.2, 0) is 24.6 Å². The zero-order chi connectivity index (χ0) is 15.2. The second-order valence-electron chi connectivity index (χ2n) is 5.15. The molecular formula is C16H24N4O. The lowest BCUT2D eigenvalue weighted by molar-refractivity contribution is 0.0673. The fraction of sp³-hybridized carbons (Fsp3) is 0.438. The molecule has 114 valence electrons. The van der Waals surface area contributed by atoms with Crippen molar-refractivity contribution in [2.75, 3.05) is 7.11 Å². The van der Waals surface area contributed by atoms with Crippen molar-refractivity contribution >= 4 is 0 Å². The van der Waals surface area contributed by atoms with Gasteiger partial charge in [0.25, 0.3) is 0 Å². The number of hydrogen-bond donors (Lipinski definition) is 2. The van der Waals surface area contributed by atoms with E-state index < -0.39 is 0 Å². The molecule has 1 aromatic heterocycles. The highest BCUT2D eigenvalue weighted by atomic mass is 16.5.